The van der Waals surface area contributed by atoms with Crippen LogP contribution in [-0.4, -0.2) is 45.7 Å². The van der Waals surface area contributed by atoms with Crippen LogP contribution in [0.4, 0.5) is 0 Å². The van der Waals surface area contributed by atoms with E-state index >= 15 is 0 Å². The molecule has 12 heavy (non-hydrogen) atoms. The zero-order chi connectivity index (χ0) is 8.97. The van der Waals surface area contributed by atoms with Crippen molar-refractivity contribution in [2.75, 3.05) is 27.3 Å². The molecule has 2 atom stereocenters. The second kappa shape index (κ2) is 4.39. The second-order valence-electron chi connectivity index (χ2n) is 2.47. The quantitative estimate of drug-likeness (QED) is 0.552. The van der Waals surface area contributed by atoms with Crippen molar-refractivity contribution in [3.05, 3.63) is 0 Å². The van der Waals surface area contributed by atoms with E-state index in [4.69, 9.17) is 9.47 Å². The monoisotopic (exact) mass is 175 g/mol. The molecule has 1 N–H and O–H groups in total. The fourth-order valence-corrected chi connectivity index (χ4v) is 1.02. The van der Waals surface area contributed by atoms with Crippen LogP contribution in [0.1, 0.15) is 0 Å². The molecule has 1 aliphatic heterocycles. The Bertz CT molecular complexity index is 161. The SMILES string of the molecule is COC(=O)[C@@H]1CNC[C@@H](OC)O1. The minimum atomic E-state index is -0.548. The fourth-order valence-electron chi connectivity index (χ4n) is 1.02. The maximum Gasteiger partial charge on any atom is 0.336 e. The molecule has 0 aliphatic carbocycles. The fraction of sp³-hybridized carbons (Fsp3) is 0.857. The van der Waals surface area contributed by atoms with E-state index in [1.165, 1.54) is 14.2 Å². The number of ether oxygens (including phenoxy) is 3. The Morgan fingerprint density at radius 2 is 2.25 bits per heavy atom. The molecule has 0 aromatic rings. The van der Waals surface area contributed by atoms with E-state index in [9.17, 15) is 4.79 Å². The van der Waals surface area contributed by atoms with Gasteiger partial charge in [-0.2, -0.15) is 0 Å². The molecule has 0 radical (unpaired) electrons. The van der Waals surface area contributed by atoms with Gasteiger partial charge >= 0.3 is 5.97 Å². The number of hydrogen-bond donors (Lipinski definition) is 1. The lowest BCUT2D eigenvalue weighted by Gasteiger charge is -2.27. The summed E-state index contributed by atoms with van der Waals surface area (Å²) in [6, 6.07) is 0. The first kappa shape index (κ1) is 9.44. The third-order valence-corrected chi connectivity index (χ3v) is 1.68. The van der Waals surface area contributed by atoms with E-state index < -0.39 is 6.10 Å². The van der Waals surface area contributed by atoms with Gasteiger partial charge in [0, 0.05) is 20.2 Å². The number of methoxy groups -OCH3 is 2. The molecule has 1 saturated heterocycles. The lowest BCUT2D eigenvalue weighted by molar-refractivity contribution is -0.192. The van der Waals surface area contributed by atoms with Crippen LogP contribution < -0.4 is 5.32 Å². The molecule has 1 heterocycles. The van der Waals surface area contributed by atoms with Crippen molar-refractivity contribution in [2.45, 2.75) is 12.4 Å². The van der Waals surface area contributed by atoms with Gasteiger partial charge in [0.2, 0.25) is 0 Å². The zero-order valence-electron chi connectivity index (χ0n) is 7.20. The molecule has 0 aromatic heterocycles. The highest BCUT2D eigenvalue weighted by atomic mass is 16.7. The molecule has 0 bridgehead atoms. The largest absolute Gasteiger partial charge is 0.467 e. The van der Waals surface area contributed by atoms with Gasteiger partial charge in [0.25, 0.3) is 0 Å². The summed E-state index contributed by atoms with van der Waals surface area (Å²) < 4.78 is 14.7. The molecular weight excluding hydrogens is 162 g/mol. The molecule has 70 valence electrons. The van der Waals surface area contributed by atoms with Gasteiger partial charge in [0.1, 0.15) is 0 Å². The third kappa shape index (κ3) is 2.17. The van der Waals surface area contributed by atoms with Crippen molar-refractivity contribution in [3.63, 3.8) is 0 Å². The summed E-state index contributed by atoms with van der Waals surface area (Å²) in [7, 11) is 2.87. The Labute approximate surface area is 71.0 Å². The topological polar surface area (TPSA) is 56.8 Å². The van der Waals surface area contributed by atoms with Gasteiger partial charge in [0.15, 0.2) is 12.4 Å². The maximum atomic E-state index is 11.0. The van der Waals surface area contributed by atoms with Gasteiger partial charge in [0.05, 0.1) is 7.11 Å². The van der Waals surface area contributed by atoms with Crippen molar-refractivity contribution in [2.24, 2.45) is 0 Å². The third-order valence-electron chi connectivity index (χ3n) is 1.68. The van der Waals surface area contributed by atoms with Gasteiger partial charge in [-0.3, -0.25) is 0 Å². The number of rotatable bonds is 2. The summed E-state index contributed by atoms with van der Waals surface area (Å²) in [5.41, 5.74) is 0. The van der Waals surface area contributed by atoms with Crippen LogP contribution in [0.15, 0.2) is 0 Å². The summed E-state index contributed by atoms with van der Waals surface area (Å²) >= 11 is 0. The number of carbonyl (C=O) groups is 1. The van der Waals surface area contributed by atoms with E-state index in [1.807, 2.05) is 0 Å². The van der Waals surface area contributed by atoms with Gasteiger partial charge < -0.3 is 19.5 Å². The first-order valence-electron chi connectivity index (χ1n) is 3.74. The van der Waals surface area contributed by atoms with E-state index in [0.29, 0.717) is 13.1 Å². The van der Waals surface area contributed by atoms with Gasteiger partial charge in [-0.05, 0) is 0 Å². The molecule has 0 unspecified atom stereocenters. The molecule has 1 rings (SSSR count). The summed E-state index contributed by atoms with van der Waals surface area (Å²) in [6.07, 6.45) is -0.906. The van der Waals surface area contributed by atoms with E-state index in [2.05, 4.69) is 10.1 Å². The minimum Gasteiger partial charge on any atom is -0.467 e. The first-order chi connectivity index (χ1) is 5.77. The molecule has 0 amide bonds. The Morgan fingerprint density at radius 1 is 1.50 bits per heavy atom. The van der Waals surface area contributed by atoms with Crippen molar-refractivity contribution in [1.82, 2.24) is 5.32 Å². The lowest BCUT2D eigenvalue weighted by atomic mass is 10.3. The summed E-state index contributed by atoms with van der Waals surface area (Å²) in [6.45, 7) is 1.08. The van der Waals surface area contributed by atoms with Crippen molar-refractivity contribution >= 4 is 5.97 Å². The summed E-state index contributed by atoms with van der Waals surface area (Å²) in [5.74, 6) is -0.371. The molecule has 1 fully saturated rings. The Morgan fingerprint density at radius 3 is 2.83 bits per heavy atom. The van der Waals surface area contributed by atoms with E-state index in [0.717, 1.165) is 0 Å². The molecule has 0 saturated carbocycles. The number of nitrogens with one attached hydrogen (secondary N) is 1. The van der Waals surface area contributed by atoms with Crippen LogP contribution in [-0.2, 0) is 19.0 Å². The average Bonchev–Trinajstić information content (AvgIpc) is 2.17. The standard InChI is InChI=1S/C7H13NO4/c1-10-6-4-8-3-5(12-6)7(9)11-2/h5-6,8H,3-4H2,1-2H3/t5-,6-/m0/s1. The minimum absolute atomic E-state index is 0.358. The van der Waals surface area contributed by atoms with Crippen LogP contribution in [0.3, 0.4) is 0 Å². The van der Waals surface area contributed by atoms with Gasteiger partial charge in [-0.15, -0.1) is 0 Å². The Kier molecular flexibility index (Phi) is 3.46. The Hall–Kier alpha value is -0.650. The number of esters is 1. The van der Waals surface area contributed by atoms with Crippen LogP contribution in [0.5, 0.6) is 0 Å². The summed E-state index contributed by atoms with van der Waals surface area (Å²) in [5, 5.41) is 3.00. The lowest BCUT2D eigenvalue weighted by Crippen LogP contribution is -2.49. The zero-order valence-corrected chi connectivity index (χ0v) is 7.20. The number of morpholine rings is 1. The van der Waals surface area contributed by atoms with E-state index in [-0.39, 0.29) is 12.3 Å². The normalized spacial score (nSPS) is 29.8. The van der Waals surface area contributed by atoms with Crippen molar-refractivity contribution in [1.29, 1.82) is 0 Å². The van der Waals surface area contributed by atoms with Crippen LogP contribution in [0.2, 0.25) is 0 Å². The smallest absolute Gasteiger partial charge is 0.336 e. The van der Waals surface area contributed by atoms with Crippen LogP contribution in [0.25, 0.3) is 0 Å². The highest BCUT2D eigenvalue weighted by Gasteiger charge is 2.27. The Balaban J connectivity index is 2.40. The van der Waals surface area contributed by atoms with Crippen LogP contribution >= 0.6 is 0 Å². The van der Waals surface area contributed by atoms with E-state index in [1.54, 1.807) is 0 Å². The van der Waals surface area contributed by atoms with Crippen molar-refractivity contribution < 1.29 is 19.0 Å². The molecule has 5 heteroatoms. The predicted molar refractivity (Wildman–Crippen MR) is 40.6 cm³/mol. The maximum absolute atomic E-state index is 11.0. The van der Waals surface area contributed by atoms with Crippen molar-refractivity contribution in [3.8, 4) is 0 Å². The van der Waals surface area contributed by atoms with Crippen LogP contribution in [0, 0.1) is 0 Å². The highest BCUT2D eigenvalue weighted by Crippen LogP contribution is 2.05. The molecule has 0 aromatic carbocycles. The highest BCUT2D eigenvalue weighted by molar-refractivity contribution is 5.74. The predicted octanol–water partition coefficient (Wildman–Crippen LogP) is -0.880. The van der Waals surface area contributed by atoms with Gasteiger partial charge in [-0.1, -0.05) is 0 Å². The average molecular weight is 175 g/mol. The molecule has 5 nitrogen and oxygen atoms in total. The summed E-state index contributed by atoms with van der Waals surface area (Å²) in [4.78, 5) is 11.0. The molecule has 1 aliphatic rings. The number of hydrogen-bond acceptors (Lipinski definition) is 5. The van der Waals surface area contributed by atoms with Gasteiger partial charge in [-0.25, -0.2) is 4.79 Å². The number of carbonyl (C=O) groups excluding carboxylic acids is 1. The first-order valence-corrected chi connectivity index (χ1v) is 3.74. The molecular formula is C7H13NO4. The second-order valence-corrected chi connectivity index (χ2v) is 2.47. The molecule has 0 spiro atoms.